The van der Waals surface area contributed by atoms with Crippen molar-refractivity contribution in [2.75, 3.05) is 20.3 Å². The first-order chi connectivity index (χ1) is 8.65. The van der Waals surface area contributed by atoms with Gasteiger partial charge in [-0.15, -0.1) is 0 Å². The molecule has 0 bridgehead atoms. The molecular formula is C13H17NO4. The van der Waals surface area contributed by atoms with Crippen molar-refractivity contribution in [3.63, 3.8) is 0 Å². The van der Waals surface area contributed by atoms with Gasteiger partial charge in [-0.25, -0.2) is 0 Å². The van der Waals surface area contributed by atoms with Crippen LogP contribution in [0.4, 0.5) is 0 Å². The van der Waals surface area contributed by atoms with Crippen LogP contribution in [0.3, 0.4) is 0 Å². The van der Waals surface area contributed by atoms with Crippen molar-refractivity contribution in [1.29, 1.82) is 0 Å². The quantitative estimate of drug-likeness (QED) is 0.763. The third-order valence-corrected chi connectivity index (χ3v) is 2.23. The predicted octanol–water partition coefficient (Wildman–Crippen LogP) is 0.917. The van der Waals surface area contributed by atoms with Gasteiger partial charge in [-0.1, -0.05) is 12.1 Å². The number of hydrogen-bond acceptors (Lipinski definition) is 4. The van der Waals surface area contributed by atoms with E-state index in [-0.39, 0.29) is 18.9 Å². The van der Waals surface area contributed by atoms with E-state index in [1.807, 2.05) is 12.1 Å². The van der Waals surface area contributed by atoms with E-state index in [0.29, 0.717) is 12.4 Å². The first-order valence-electron chi connectivity index (χ1n) is 5.71. The summed E-state index contributed by atoms with van der Waals surface area (Å²) in [6, 6.07) is 7.23. The van der Waals surface area contributed by atoms with Crippen LogP contribution < -0.4 is 10.1 Å². The minimum absolute atomic E-state index is 0.101. The number of nitrogens with one attached hydrogen (secondary N) is 1. The predicted molar refractivity (Wildman–Crippen MR) is 66.3 cm³/mol. The molecule has 1 aromatic rings. The van der Waals surface area contributed by atoms with E-state index < -0.39 is 5.97 Å². The fourth-order valence-electron chi connectivity index (χ4n) is 1.41. The lowest BCUT2D eigenvalue weighted by atomic mass is 10.1. The Labute approximate surface area is 106 Å². The topological polar surface area (TPSA) is 64.6 Å². The van der Waals surface area contributed by atoms with Crippen LogP contribution >= 0.6 is 0 Å². The average Bonchev–Trinajstić information content (AvgIpc) is 2.37. The third kappa shape index (κ3) is 4.86. The number of ether oxygens (including phenoxy) is 2. The second-order valence-corrected chi connectivity index (χ2v) is 3.61. The molecule has 1 amide bonds. The Morgan fingerprint density at radius 2 is 2.11 bits per heavy atom. The van der Waals surface area contributed by atoms with Gasteiger partial charge >= 0.3 is 5.97 Å². The van der Waals surface area contributed by atoms with Crippen LogP contribution in [0, 0.1) is 0 Å². The molecule has 1 aromatic carbocycles. The summed E-state index contributed by atoms with van der Waals surface area (Å²) in [4.78, 5) is 22.6. The summed E-state index contributed by atoms with van der Waals surface area (Å²) in [5.74, 6) is 0.0403. The number of esters is 1. The molecule has 0 aliphatic heterocycles. The van der Waals surface area contributed by atoms with Gasteiger partial charge in [0.1, 0.15) is 12.3 Å². The number of methoxy groups -OCH3 is 1. The molecule has 0 atom stereocenters. The van der Waals surface area contributed by atoms with Crippen LogP contribution in [-0.2, 0) is 20.7 Å². The summed E-state index contributed by atoms with van der Waals surface area (Å²) >= 11 is 0. The maximum Gasteiger partial charge on any atom is 0.325 e. The molecule has 0 radical (unpaired) electrons. The molecule has 0 saturated carbocycles. The van der Waals surface area contributed by atoms with Gasteiger partial charge in [0.2, 0.25) is 5.91 Å². The number of benzene rings is 1. The molecule has 1 rings (SSSR count). The number of carbonyl (C=O) groups excluding carboxylic acids is 2. The lowest BCUT2D eigenvalue weighted by Crippen LogP contribution is -2.31. The molecular weight excluding hydrogens is 234 g/mol. The standard InChI is InChI=1S/C13H17NO4/c1-3-18-13(16)9-14-12(15)8-10-5-4-6-11(7-10)17-2/h4-7H,3,8-9H2,1-2H3,(H,14,15). The second kappa shape index (κ2) is 7.32. The number of rotatable bonds is 6. The summed E-state index contributed by atoms with van der Waals surface area (Å²) in [5, 5.41) is 2.50. The van der Waals surface area contributed by atoms with Crippen LogP contribution in [-0.4, -0.2) is 32.1 Å². The maximum absolute atomic E-state index is 11.6. The molecule has 0 saturated heterocycles. The van der Waals surface area contributed by atoms with Gasteiger partial charge in [-0.2, -0.15) is 0 Å². The Morgan fingerprint density at radius 1 is 1.33 bits per heavy atom. The van der Waals surface area contributed by atoms with Gasteiger partial charge in [0.05, 0.1) is 20.1 Å². The van der Waals surface area contributed by atoms with Gasteiger partial charge in [0, 0.05) is 0 Å². The van der Waals surface area contributed by atoms with Gasteiger partial charge in [0.25, 0.3) is 0 Å². The van der Waals surface area contributed by atoms with Crippen LogP contribution in [0.15, 0.2) is 24.3 Å². The van der Waals surface area contributed by atoms with Crippen LogP contribution in [0.1, 0.15) is 12.5 Å². The van der Waals surface area contributed by atoms with Crippen LogP contribution in [0.2, 0.25) is 0 Å². The molecule has 0 aliphatic rings. The third-order valence-electron chi connectivity index (χ3n) is 2.23. The van der Waals surface area contributed by atoms with Crippen molar-refractivity contribution < 1.29 is 19.1 Å². The molecule has 0 aromatic heterocycles. The Kier molecular flexibility index (Phi) is 5.70. The monoisotopic (exact) mass is 251 g/mol. The minimum Gasteiger partial charge on any atom is -0.497 e. The Balaban J connectivity index is 2.42. The highest BCUT2D eigenvalue weighted by Crippen LogP contribution is 2.12. The van der Waals surface area contributed by atoms with E-state index >= 15 is 0 Å². The fourth-order valence-corrected chi connectivity index (χ4v) is 1.41. The van der Waals surface area contributed by atoms with Crippen molar-refractivity contribution in [3.8, 4) is 5.75 Å². The Hall–Kier alpha value is -2.04. The minimum atomic E-state index is -0.434. The smallest absolute Gasteiger partial charge is 0.325 e. The van der Waals surface area contributed by atoms with Crippen molar-refractivity contribution in [1.82, 2.24) is 5.32 Å². The summed E-state index contributed by atoms with van der Waals surface area (Å²) in [6.07, 6.45) is 0.205. The van der Waals surface area contributed by atoms with Crippen LogP contribution in [0.5, 0.6) is 5.75 Å². The molecule has 0 spiro atoms. The molecule has 0 fully saturated rings. The highest BCUT2D eigenvalue weighted by Gasteiger charge is 2.07. The zero-order valence-electron chi connectivity index (χ0n) is 10.6. The van der Waals surface area contributed by atoms with Gasteiger partial charge in [0.15, 0.2) is 0 Å². The van der Waals surface area contributed by atoms with E-state index in [9.17, 15) is 9.59 Å². The first-order valence-corrected chi connectivity index (χ1v) is 5.71. The lowest BCUT2D eigenvalue weighted by Gasteiger charge is -2.06. The Bertz CT molecular complexity index is 417. The SMILES string of the molecule is CCOC(=O)CNC(=O)Cc1cccc(OC)c1. The molecule has 5 heteroatoms. The molecule has 0 heterocycles. The highest BCUT2D eigenvalue weighted by atomic mass is 16.5. The van der Waals surface area contributed by atoms with E-state index in [2.05, 4.69) is 5.32 Å². The van der Waals surface area contributed by atoms with E-state index in [4.69, 9.17) is 9.47 Å². The highest BCUT2D eigenvalue weighted by molar-refractivity contribution is 5.83. The summed E-state index contributed by atoms with van der Waals surface area (Å²) in [6.45, 7) is 1.93. The molecule has 1 N–H and O–H groups in total. The van der Waals surface area contributed by atoms with E-state index in [1.54, 1.807) is 26.2 Å². The zero-order valence-corrected chi connectivity index (χ0v) is 10.6. The molecule has 0 unspecified atom stereocenters. The summed E-state index contributed by atoms with van der Waals surface area (Å²) in [5.41, 5.74) is 0.829. The summed E-state index contributed by atoms with van der Waals surface area (Å²) in [7, 11) is 1.57. The maximum atomic E-state index is 11.6. The lowest BCUT2D eigenvalue weighted by molar-refractivity contribution is -0.143. The van der Waals surface area contributed by atoms with Crippen molar-refractivity contribution in [2.45, 2.75) is 13.3 Å². The van der Waals surface area contributed by atoms with Crippen molar-refractivity contribution in [3.05, 3.63) is 29.8 Å². The number of carbonyl (C=O) groups is 2. The normalized spacial score (nSPS) is 9.67. The van der Waals surface area contributed by atoms with Gasteiger partial charge in [-0.3, -0.25) is 9.59 Å². The average molecular weight is 251 g/mol. The van der Waals surface area contributed by atoms with Crippen molar-refractivity contribution >= 4 is 11.9 Å². The number of hydrogen-bond donors (Lipinski definition) is 1. The van der Waals surface area contributed by atoms with Gasteiger partial charge < -0.3 is 14.8 Å². The molecule has 0 aliphatic carbocycles. The van der Waals surface area contributed by atoms with E-state index in [0.717, 1.165) is 5.56 Å². The first kappa shape index (κ1) is 14.0. The molecule has 18 heavy (non-hydrogen) atoms. The second-order valence-electron chi connectivity index (χ2n) is 3.61. The van der Waals surface area contributed by atoms with Gasteiger partial charge in [-0.05, 0) is 24.6 Å². The Morgan fingerprint density at radius 3 is 2.78 bits per heavy atom. The molecule has 5 nitrogen and oxygen atoms in total. The number of amides is 1. The zero-order chi connectivity index (χ0) is 13.4. The van der Waals surface area contributed by atoms with E-state index in [1.165, 1.54) is 0 Å². The summed E-state index contributed by atoms with van der Waals surface area (Å²) < 4.78 is 9.77. The van der Waals surface area contributed by atoms with Crippen molar-refractivity contribution in [2.24, 2.45) is 0 Å². The van der Waals surface area contributed by atoms with Crippen LogP contribution in [0.25, 0.3) is 0 Å². The fraction of sp³-hybridized carbons (Fsp3) is 0.385. The largest absolute Gasteiger partial charge is 0.497 e. The molecule has 98 valence electrons.